The molecule has 0 saturated heterocycles. The number of benzene rings is 2. The van der Waals surface area contributed by atoms with Crippen LogP contribution in [0.5, 0.6) is 0 Å². The molecule has 1 N–H and O–H groups in total. The number of nitrogens with zero attached hydrogens (tertiary/aromatic N) is 1. The van der Waals surface area contributed by atoms with Crippen LogP contribution in [0.1, 0.15) is 18.9 Å². The van der Waals surface area contributed by atoms with Crippen molar-refractivity contribution in [1.82, 2.24) is 0 Å². The zero-order valence-electron chi connectivity index (χ0n) is 13.5. The van der Waals surface area contributed by atoms with Gasteiger partial charge in [0.25, 0.3) is 0 Å². The Labute approximate surface area is 151 Å². The molecule has 2 rings (SSSR count). The fourth-order valence-electron chi connectivity index (χ4n) is 2.28. The first kappa shape index (κ1) is 18.3. The third-order valence-corrected chi connectivity index (χ3v) is 4.25. The molecule has 0 radical (unpaired) electrons. The lowest BCUT2D eigenvalue weighted by molar-refractivity contribution is -0.117. The average molecular weight is 365 g/mol. The molecule has 0 aromatic heterocycles. The third kappa shape index (κ3) is 4.73. The van der Waals surface area contributed by atoms with E-state index in [1.165, 1.54) is 11.8 Å². The van der Waals surface area contributed by atoms with Crippen molar-refractivity contribution >= 4 is 46.4 Å². The van der Waals surface area contributed by atoms with Crippen LogP contribution in [0.15, 0.2) is 42.5 Å². The summed E-state index contributed by atoms with van der Waals surface area (Å²) >= 11 is 12.0. The van der Waals surface area contributed by atoms with Gasteiger partial charge in [0.05, 0.1) is 0 Å². The first-order chi connectivity index (χ1) is 11.4. The number of nitrogens with one attached hydrogen (secondary N) is 1. The molecule has 0 atom stereocenters. The van der Waals surface area contributed by atoms with E-state index in [9.17, 15) is 9.59 Å². The summed E-state index contributed by atoms with van der Waals surface area (Å²) in [6.45, 7) is 3.56. The molecule has 0 fully saturated rings. The molecule has 24 heavy (non-hydrogen) atoms. The summed E-state index contributed by atoms with van der Waals surface area (Å²) in [6.07, 6.45) is 0.165. The minimum absolute atomic E-state index is 0.149. The van der Waals surface area contributed by atoms with Crippen molar-refractivity contribution in [2.45, 2.75) is 20.3 Å². The summed E-state index contributed by atoms with van der Waals surface area (Å²) in [6, 6.07) is 12.3. The molecule has 4 nitrogen and oxygen atoms in total. The number of hydrogen-bond donors (Lipinski definition) is 1. The van der Waals surface area contributed by atoms with Gasteiger partial charge in [0.2, 0.25) is 11.8 Å². The van der Waals surface area contributed by atoms with Gasteiger partial charge < -0.3 is 10.2 Å². The topological polar surface area (TPSA) is 49.4 Å². The Morgan fingerprint density at radius 2 is 1.83 bits per heavy atom. The fourth-order valence-corrected chi connectivity index (χ4v) is 2.64. The van der Waals surface area contributed by atoms with Crippen LogP contribution in [-0.2, 0) is 9.59 Å². The molecule has 0 aliphatic rings. The standard InChI is InChI=1S/C18H18Cl2N2O2/c1-12-16(20)7-4-8-17(12)21-18(24)9-10-22(13(2)23)15-6-3-5-14(19)11-15/h3-8,11H,9-10H2,1-2H3,(H,21,24). The second kappa shape index (κ2) is 8.18. The maximum atomic E-state index is 12.2. The highest BCUT2D eigenvalue weighted by atomic mass is 35.5. The number of halogens is 2. The molecule has 0 heterocycles. The Morgan fingerprint density at radius 1 is 1.12 bits per heavy atom. The maximum absolute atomic E-state index is 12.2. The van der Waals surface area contributed by atoms with Crippen LogP contribution in [0.25, 0.3) is 0 Å². The molecule has 0 saturated carbocycles. The second-order valence-corrected chi connectivity index (χ2v) is 6.20. The Bertz CT molecular complexity index is 762. The molecule has 2 amide bonds. The van der Waals surface area contributed by atoms with E-state index in [2.05, 4.69) is 5.32 Å². The predicted molar refractivity (Wildman–Crippen MR) is 98.9 cm³/mol. The van der Waals surface area contributed by atoms with Gasteiger partial charge in [0, 0.05) is 41.3 Å². The van der Waals surface area contributed by atoms with Gasteiger partial charge in [-0.05, 0) is 42.8 Å². The molecular weight excluding hydrogens is 347 g/mol. The zero-order chi connectivity index (χ0) is 17.7. The van der Waals surface area contributed by atoms with E-state index < -0.39 is 0 Å². The Hall–Kier alpha value is -2.04. The number of carbonyl (C=O) groups excluding carboxylic acids is 2. The van der Waals surface area contributed by atoms with Gasteiger partial charge >= 0.3 is 0 Å². The van der Waals surface area contributed by atoms with Crippen LogP contribution in [0, 0.1) is 6.92 Å². The van der Waals surface area contributed by atoms with Crippen molar-refractivity contribution in [3.63, 3.8) is 0 Å². The van der Waals surface area contributed by atoms with Gasteiger partial charge in [-0.25, -0.2) is 0 Å². The zero-order valence-corrected chi connectivity index (χ0v) is 15.0. The SMILES string of the molecule is CC(=O)N(CCC(=O)Nc1cccc(Cl)c1C)c1cccc(Cl)c1. The van der Waals surface area contributed by atoms with Crippen LogP contribution >= 0.6 is 23.2 Å². The molecule has 0 bridgehead atoms. The quantitative estimate of drug-likeness (QED) is 0.836. The van der Waals surface area contributed by atoms with E-state index in [0.717, 1.165) is 5.56 Å². The average Bonchev–Trinajstić information content (AvgIpc) is 2.52. The number of rotatable bonds is 5. The van der Waals surface area contributed by atoms with Gasteiger partial charge in [-0.1, -0.05) is 35.3 Å². The highest BCUT2D eigenvalue weighted by molar-refractivity contribution is 6.31. The van der Waals surface area contributed by atoms with E-state index in [1.54, 1.807) is 42.5 Å². The normalized spacial score (nSPS) is 10.3. The molecule has 0 unspecified atom stereocenters. The van der Waals surface area contributed by atoms with Crippen LogP contribution in [0.2, 0.25) is 10.0 Å². The van der Waals surface area contributed by atoms with Crippen molar-refractivity contribution < 1.29 is 9.59 Å². The third-order valence-electron chi connectivity index (χ3n) is 3.60. The number of anilines is 2. The predicted octanol–water partition coefficient (Wildman–Crippen LogP) is 4.68. The Kier molecular flexibility index (Phi) is 6.23. The smallest absolute Gasteiger partial charge is 0.226 e. The molecule has 2 aromatic carbocycles. The monoisotopic (exact) mass is 364 g/mol. The number of carbonyl (C=O) groups is 2. The van der Waals surface area contributed by atoms with E-state index in [1.807, 2.05) is 6.92 Å². The van der Waals surface area contributed by atoms with Crippen molar-refractivity contribution in [3.8, 4) is 0 Å². The molecular formula is C18H18Cl2N2O2. The first-order valence-corrected chi connectivity index (χ1v) is 8.22. The van der Waals surface area contributed by atoms with Gasteiger partial charge in [0.1, 0.15) is 0 Å². The summed E-state index contributed by atoms with van der Waals surface area (Å²) in [5.41, 5.74) is 2.15. The van der Waals surface area contributed by atoms with E-state index in [0.29, 0.717) is 21.4 Å². The minimum Gasteiger partial charge on any atom is -0.326 e. The minimum atomic E-state index is -0.186. The molecule has 0 aliphatic heterocycles. The maximum Gasteiger partial charge on any atom is 0.226 e. The van der Waals surface area contributed by atoms with Gasteiger partial charge in [-0.3, -0.25) is 9.59 Å². The highest BCUT2D eigenvalue weighted by Gasteiger charge is 2.14. The summed E-state index contributed by atoms with van der Waals surface area (Å²) in [4.78, 5) is 25.6. The summed E-state index contributed by atoms with van der Waals surface area (Å²) in [7, 11) is 0. The number of hydrogen-bond acceptors (Lipinski definition) is 2. The lowest BCUT2D eigenvalue weighted by Gasteiger charge is -2.21. The molecule has 2 aromatic rings. The van der Waals surface area contributed by atoms with Crippen LogP contribution in [-0.4, -0.2) is 18.4 Å². The largest absolute Gasteiger partial charge is 0.326 e. The van der Waals surface area contributed by atoms with Crippen molar-refractivity contribution in [2.75, 3.05) is 16.8 Å². The summed E-state index contributed by atoms with van der Waals surface area (Å²) in [5, 5.41) is 3.95. The molecule has 0 spiro atoms. The van der Waals surface area contributed by atoms with E-state index in [4.69, 9.17) is 23.2 Å². The summed E-state index contributed by atoms with van der Waals surface area (Å²) < 4.78 is 0. The molecule has 6 heteroatoms. The number of amides is 2. The second-order valence-electron chi connectivity index (χ2n) is 5.36. The van der Waals surface area contributed by atoms with Crippen molar-refractivity contribution in [1.29, 1.82) is 0 Å². The van der Waals surface area contributed by atoms with E-state index >= 15 is 0 Å². The van der Waals surface area contributed by atoms with Crippen molar-refractivity contribution in [3.05, 3.63) is 58.1 Å². The van der Waals surface area contributed by atoms with Crippen LogP contribution < -0.4 is 10.2 Å². The van der Waals surface area contributed by atoms with Gasteiger partial charge in [0.15, 0.2) is 0 Å². The molecule has 126 valence electrons. The Balaban J connectivity index is 2.03. The van der Waals surface area contributed by atoms with Crippen LogP contribution in [0.4, 0.5) is 11.4 Å². The van der Waals surface area contributed by atoms with E-state index in [-0.39, 0.29) is 24.8 Å². The Morgan fingerprint density at radius 3 is 2.50 bits per heavy atom. The lowest BCUT2D eigenvalue weighted by atomic mass is 10.2. The molecule has 0 aliphatic carbocycles. The lowest BCUT2D eigenvalue weighted by Crippen LogP contribution is -2.32. The first-order valence-electron chi connectivity index (χ1n) is 7.47. The van der Waals surface area contributed by atoms with Gasteiger partial charge in [-0.15, -0.1) is 0 Å². The fraction of sp³-hybridized carbons (Fsp3) is 0.222. The van der Waals surface area contributed by atoms with Gasteiger partial charge in [-0.2, -0.15) is 0 Å². The van der Waals surface area contributed by atoms with Crippen molar-refractivity contribution in [2.24, 2.45) is 0 Å². The summed E-state index contributed by atoms with van der Waals surface area (Å²) in [5.74, 6) is -0.336. The highest BCUT2D eigenvalue weighted by Crippen LogP contribution is 2.23. The van der Waals surface area contributed by atoms with Crippen LogP contribution in [0.3, 0.4) is 0 Å².